The Balaban J connectivity index is 1.69. The number of carbonyl (C=O) groups is 1. The van der Waals surface area contributed by atoms with E-state index < -0.39 is 0 Å². The summed E-state index contributed by atoms with van der Waals surface area (Å²) in [6, 6.07) is 13.8. The molecule has 1 aliphatic rings. The molecule has 166 valence electrons. The number of carbonyl (C=O) groups excluding carboxylic acids is 1. The van der Waals surface area contributed by atoms with Crippen LogP contribution in [0, 0.1) is 29.4 Å². The highest BCUT2D eigenvalue weighted by Crippen LogP contribution is 2.37. The van der Waals surface area contributed by atoms with Crippen molar-refractivity contribution in [3.8, 4) is 0 Å². The molecule has 0 unspecified atom stereocenters. The molecule has 0 spiro atoms. The standard InChI is InChI=1S/C25H32N2O4/c1-4-31-18-25(11-10-21-8-6-5-7-9-21)12-14-26(15-13-25)24(28)22-16-19(2)23(27(29)30)20(3)17-22/h5-9,16-17H,4,10-15,18H2,1-3H3. The zero-order chi connectivity index (χ0) is 22.4. The van der Waals surface area contributed by atoms with Gasteiger partial charge in [0.05, 0.1) is 11.5 Å². The van der Waals surface area contributed by atoms with E-state index in [4.69, 9.17) is 4.74 Å². The average molecular weight is 425 g/mol. The lowest BCUT2D eigenvalue weighted by Gasteiger charge is -2.42. The van der Waals surface area contributed by atoms with Gasteiger partial charge in [-0.3, -0.25) is 14.9 Å². The molecular weight excluding hydrogens is 392 g/mol. The van der Waals surface area contributed by atoms with E-state index in [1.807, 2.05) is 17.9 Å². The van der Waals surface area contributed by atoms with Crippen molar-refractivity contribution in [3.63, 3.8) is 0 Å². The van der Waals surface area contributed by atoms with Crippen LogP contribution in [0.2, 0.25) is 0 Å². The van der Waals surface area contributed by atoms with Gasteiger partial charge in [-0.25, -0.2) is 0 Å². The zero-order valence-electron chi connectivity index (χ0n) is 18.7. The van der Waals surface area contributed by atoms with E-state index in [0.717, 1.165) is 25.7 Å². The van der Waals surface area contributed by atoms with Gasteiger partial charge in [-0.15, -0.1) is 0 Å². The largest absolute Gasteiger partial charge is 0.381 e. The van der Waals surface area contributed by atoms with Crippen LogP contribution in [-0.4, -0.2) is 42.0 Å². The molecular formula is C25H32N2O4. The van der Waals surface area contributed by atoms with Crippen LogP contribution >= 0.6 is 0 Å². The van der Waals surface area contributed by atoms with Crippen molar-refractivity contribution in [1.29, 1.82) is 0 Å². The van der Waals surface area contributed by atoms with Crippen molar-refractivity contribution in [2.45, 2.75) is 46.5 Å². The third kappa shape index (κ3) is 5.50. The van der Waals surface area contributed by atoms with E-state index in [2.05, 4.69) is 24.3 Å². The molecule has 2 aromatic carbocycles. The van der Waals surface area contributed by atoms with Gasteiger partial charge in [0.1, 0.15) is 0 Å². The van der Waals surface area contributed by atoms with Gasteiger partial charge < -0.3 is 9.64 Å². The molecule has 0 bridgehead atoms. The van der Waals surface area contributed by atoms with Gasteiger partial charge in [0, 0.05) is 36.4 Å². The molecule has 0 saturated carbocycles. The maximum atomic E-state index is 13.1. The summed E-state index contributed by atoms with van der Waals surface area (Å²) in [5.74, 6) is -0.0471. The number of hydrogen-bond donors (Lipinski definition) is 0. The van der Waals surface area contributed by atoms with Crippen LogP contribution in [0.1, 0.15) is 53.2 Å². The first-order valence-corrected chi connectivity index (χ1v) is 11.0. The first-order chi connectivity index (χ1) is 14.8. The van der Waals surface area contributed by atoms with Crippen LogP contribution in [0.3, 0.4) is 0 Å². The molecule has 0 N–H and O–H groups in total. The molecule has 2 aromatic rings. The monoisotopic (exact) mass is 424 g/mol. The predicted octanol–water partition coefficient (Wildman–Crippen LogP) is 5.10. The normalized spacial score (nSPS) is 15.6. The maximum Gasteiger partial charge on any atom is 0.275 e. The average Bonchev–Trinajstić information content (AvgIpc) is 2.76. The Morgan fingerprint density at radius 1 is 1.13 bits per heavy atom. The summed E-state index contributed by atoms with van der Waals surface area (Å²) in [4.78, 5) is 25.9. The number of likely N-dealkylation sites (tertiary alicyclic amines) is 1. The molecule has 1 heterocycles. The van der Waals surface area contributed by atoms with E-state index in [1.54, 1.807) is 26.0 Å². The molecule has 1 amide bonds. The van der Waals surface area contributed by atoms with E-state index in [0.29, 0.717) is 43.0 Å². The number of aryl methyl sites for hydroxylation is 3. The van der Waals surface area contributed by atoms with Gasteiger partial charge >= 0.3 is 0 Å². The minimum Gasteiger partial charge on any atom is -0.381 e. The second-order valence-corrected chi connectivity index (χ2v) is 8.63. The van der Waals surface area contributed by atoms with Crippen molar-refractivity contribution in [2.24, 2.45) is 5.41 Å². The summed E-state index contributed by atoms with van der Waals surface area (Å²) in [5.41, 5.74) is 3.07. The Labute approximate surface area is 184 Å². The van der Waals surface area contributed by atoms with Crippen LogP contribution in [0.25, 0.3) is 0 Å². The highest BCUT2D eigenvalue weighted by Gasteiger charge is 2.36. The van der Waals surface area contributed by atoms with Crippen LogP contribution < -0.4 is 0 Å². The van der Waals surface area contributed by atoms with E-state index in [-0.39, 0.29) is 21.9 Å². The highest BCUT2D eigenvalue weighted by atomic mass is 16.6. The van der Waals surface area contributed by atoms with Crippen molar-refractivity contribution >= 4 is 11.6 Å². The van der Waals surface area contributed by atoms with Crippen molar-refractivity contribution in [3.05, 3.63) is 74.8 Å². The smallest absolute Gasteiger partial charge is 0.275 e. The summed E-state index contributed by atoms with van der Waals surface area (Å²) in [6.07, 6.45) is 3.84. The van der Waals surface area contributed by atoms with Gasteiger partial charge in [-0.05, 0) is 69.6 Å². The Bertz CT molecular complexity index is 895. The summed E-state index contributed by atoms with van der Waals surface area (Å²) >= 11 is 0. The first kappa shape index (κ1) is 22.9. The lowest BCUT2D eigenvalue weighted by Crippen LogP contribution is -2.45. The van der Waals surface area contributed by atoms with E-state index >= 15 is 0 Å². The Morgan fingerprint density at radius 2 is 1.74 bits per heavy atom. The van der Waals surface area contributed by atoms with Crippen molar-refractivity contribution in [2.75, 3.05) is 26.3 Å². The van der Waals surface area contributed by atoms with Gasteiger partial charge in [-0.1, -0.05) is 30.3 Å². The molecule has 6 heteroatoms. The fourth-order valence-electron chi connectivity index (χ4n) is 4.57. The number of amides is 1. The quantitative estimate of drug-likeness (QED) is 0.436. The summed E-state index contributed by atoms with van der Waals surface area (Å²) < 4.78 is 5.84. The molecule has 0 atom stereocenters. The van der Waals surface area contributed by atoms with Crippen LogP contribution in [-0.2, 0) is 11.2 Å². The molecule has 0 aromatic heterocycles. The molecule has 6 nitrogen and oxygen atoms in total. The number of piperidine rings is 1. The number of ether oxygens (including phenoxy) is 1. The number of nitro groups is 1. The predicted molar refractivity (Wildman–Crippen MR) is 121 cm³/mol. The number of rotatable bonds is 8. The van der Waals surface area contributed by atoms with Crippen LogP contribution in [0.4, 0.5) is 5.69 Å². The van der Waals surface area contributed by atoms with Gasteiger partial charge in [0.25, 0.3) is 11.6 Å². The Kier molecular flexibility index (Phi) is 7.44. The molecule has 1 saturated heterocycles. The van der Waals surface area contributed by atoms with Gasteiger partial charge in [-0.2, -0.15) is 0 Å². The lowest BCUT2D eigenvalue weighted by molar-refractivity contribution is -0.386. The number of hydrogen-bond acceptors (Lipinski definition) is 4. The molecule has 0 aliphatic carbocycles. The number of nitrogens with zero attached hydrogens (tertiary/aromatic N) is 2. The Hall–Kier alpha value is -2.73. The summed E-state index contributed by atoms with van der Waals surface area (Å²) in [5, 5.41) is 11.2. The maximum absolute atomic E-state index is 13.1. The topological polar surface area (TPSA) is 72.7 Å². The van der Waals surface area contributed by atoms with Gasteiger partial charge in [0.15, 0.2) is 0 Å². The van der Waals surface area contributed by atoms with Crippen LogP contribution in [0.5, 0.6) is 0 Å². The third-order valence-corrected chi connectivity index (χ3v) is 6.43. The first-order valence-electron chi connectivity index (χ1n) is 11.0. The highest BCUT2D eigenvalue weighted by molar-refractivity contribution is 5.95. The lowest BCUT2D eigenvalue weighted by atomic mass is 9.74. The van der Waals surface area contributed by atoms with E-state index in [1.165, 1.54) is 5.56 Å². The third-order valence-electron chi connectivity index (χ3n) is 6.43. The molecule has 3 rings (SSSR count). The fraction of sp³-hybridized carbons (Fsp3) is 0.480. The van der Waals surface area contributed by atoms with Gasteiger partial charge in [0.2, 0.25) is 0 Å². The minimum atomic E-state index is -0.380. The Morgan fingerprint density at radius 3 is 2.29 bits per heavy atom. The fourth-order valence-corrected chi connectivity index (χ4v) is 4.57. The molecule has 0 radical (unpaired) electrons. The number of nitro benzene ring substituents is 1. The van der Waals surface area contributed by atoms with E-state index in [9.17, 15) is 14.9 Å². The summed E-state index contributed by atoms with van der Waals surface area (Å²) in [6.45, 7) is 8.16. The van der Waals surface area contributed by atoms with Crippen LogP contribution in [0.15, 0.2) is 42.5 Å². The number of benzene rings is 2. The molecule has 31 heavy (non-hydrogen) atoms. The minimum absolute atomic E-state index is 0.0471. The molecule has 1 fully saturated rings. The molecule has 1 aliphatic heterocycles. The summed E-state index contributed by atoms with van der Waals surface area (Å²) in [7, 11) is 0. The van der Waals surface area contributed by atoms with Crippen molar-refractivity contribution < 1.29 is 14.5 Å². The SMILES string of the molecule is CCOCC1(CCc2ccccc2)CCN(C(=O)c2cc(C)c([N+](=O)[O-])c(C)c2)CC1. The second-order valence-electron chi connectivity index (χ2n) is 8.63. The second kappa shape index (κ2) is 10.1. The van der Waals surface area contributed by atoms with Crippen molar-refractivity contribution in [1.82, 2.24) is 4.90 Å². The zero-order valence-corrected chi connectivity index (χ0v) is 18.7.